The molecule has 0 aliphatic carbocycles. The second kappa shape index (κ2) is 4.13. The van der Waals surface area contributed by atoms with Gasteiger partial charge in [0.15, 0.2) is 0 Å². The standard InChI is InChI=1S/C8H14N2O/c1-2-4-10-8(11)7-3-5-9-6-7/h2,7,9H,1,3-6H2,(H,10,11). The van der Waals surface area contributed by atoms with Crippen LogP contribution >= 0.6 is 0 Å². The summed E-state index contributed by atoms with van der Waals surface area (Å²) in [7, 11) is 0. The number of rotatable bonds is 3. The number of carbonyl (C=O) groups excluding carboxylic acids is 1. The van der Waals surface area contributed by atoms with E-state index in [0.717, 1.165) is 19.5 Å². The Morgan fingerprint density at radius 1 is 1.82 bits per heavy atom. The third-order valence-electron chi connectivity index (χ3n) is 1.85. The lowest BCUT2D eigenvalue weighted by Crippen LogP contribution is -2.31. The number of amides is 1. The molecule has 1 saturated heterocycles. The minimum atomic E-state index is 0.148. The Labute approximate surface area is 66.9 Å². The van der Waals surface area contributed by atoms with Crippen molar-refractivity contribution in [2.75, 3.05) is 19.6 Å². The van der Waals surface area contributed by atoms with Crippen LogP contribution in [-0.4, -0.2) is 25.5 Å². The van der Waals surface area contributed by atoms with Crippen LogP contribution in [0.2, 0.25) is 0 Å². The molecular weight excluding hydrogens is 140 g/mol. The highest BCUT2D eigenvalue weighted by Crippen LogP contribution is 2.06. The summed E-state index contributed by atoms with van der Waals surface area (Å²) < 4.78 is 0. The van der Waals surface area contributed by atoms with Crippen LogP contribution in [-0.2, 0) is 4.79 Å². The number of hydrogen-bond donors (Lipinski definition) is 2. The number of hydrogen-bond acceptors (Lipinski definition) is 2. The molecule has 0 aromatic rings. The molecule has 3 nitrogen and oxygen atoms in total. The Hall–Kier alpha value is -0.830. The van der Waals surface area contributed by atoms with Gasteiger partial charge >= 0.3 is 0 Å². The van der Waals surface area contributed by atoms with E-state index >= 15 is 0 Å². The largest absolute Gasteiger partial charge is 0.352 e. The molecule has 11 heavy (non-hydrogen) atoms. The van der Waals surface area contributed by atoms with Crippen LogP contribution in [0.5, 0.6) is 0 Å². The zero-order valence-corrected chi connectivity index (χ0v) is 6.60. The minimum absolute atomic E-state index is 0.148. The molecule has 1 aliphatic heterocycles. The molecule has 1 aliphatic rings. The summed E-state index contributed by atoms with van der Waals surface area (Å²) in [6.07, 6.45) is 2.66. The minimum Gasteiger partial charge on any atom is -0.352 e. The van der Waals surface area contributed by atoms with Gasteiger partial charge in [-0.3, -0.25) is 4.79 Å². The molecule has 1 heterocycles. The molecule has 1 amide bonds. The number of nitrogens with one attached hydrogen (secondary N) is 2. The van der Waals surface area contributed by atoms with Crippen LogP contribution in [0.4, 0.5) is 0 Å². The van der Waals surface area contributed by atoms with E-state index in [1.54, 1.807) is 6.08 Å². The second-order valence-corrected chi connectivity index (χ2v) is 2.72. The summed E-state index contributed by atoms with van der Waals surface area (Å²) >= 11 is 0. The first-order valence-electron chi connectivity index (χ1n) is 3.94. The Balaban J connectivity index is 2.22. The molecule has 0 aromatic carbocycles. The van der Waals surface area contributed by atoms with Gasteiger partial charge in [-0.15, -0.1) is 6.58 Å². The van der Waals surface area contributed by atoms with E-state index in [1.165, 1.54) is 0 Å². The molecule has 0 saturated carbocycles. The fourth-order valence-corrected chi connectivity index (χ4v) is 1.20. The highest BCUT2D eigenvalue weighted by molar-refractivity contribution is 5.79. The van der Waals surface area contributed by atoms with Crippen molar-refractivity contribution in [2.45, 2.75) is 6.42 Å². The topological polar surface area (TPSA) is 41.1 Å². The third-order valence-corrected chi connectivity index (χ3v) is 1.85. The SMILES string of the molecule is C=CCNC(=O)C1CCNC1. The van der Waals surface area contributed by atoms with Gasteiger partial charge in [-0.25, -0.2) is 0 Å². The van der Waals surface area contributed by atoms with E-state index in [1.807, 2.05) is 0 Å². The summed E-state index contributed by atoms with van der Waals surface area (Å²) in [6.45, 7) is 5.89. The van der Waals surface area contributed by atoms with Crippen LogP contribution in [0.1, 0.15) is 6.42 Å². The fourth-order valence-electron chi connectivity index (χ4n) is 1.20. The Bertz CT molecular complexity index is 150. The molecule has 1 rings (SSSR count). The molecular formula is C8H14N2O. The predicted octanol–water partition coefficient (Wildman–Crippen LogP) is -0.102. The highest BCUT2D eigenvalue weighted by atomic mass is 16.1. The Kier molecular flexibility index (Phi) is 3.11. The Morgan fingerprint density at radius 2 is 2.64 bits per heavy atom. The van der Waals surface area contributed by atoms with Crippen LogP contribution in [0, 0.1) is 5.92 Å². The molecule has 3 heteroatoms. The van der Waals surface area contributed by atoms with E-state index in [-0.39, 0.29) is 11.8 Å². The first-order valence-corrected chi connectivity index (χ1v) is 3.94. The van der Waals surface area contributed by atoms with Gasteiger partial charge < -0.3 is 10.6 Å². The molecule has 1 unspecified atom stereocenters. The van der Waals surface area contributed by atoms with Gasteiger partial charge in [0.05, 0.1) is 5.92 Å². The quantitative estimate of drug-likeness (QED) is 0.557. The van der Waals surface area contributed by atoms with E-state index < -0.39 is 0 Å². The zero-order chi connectivity index (χ0) is 8.10. The van der Waals surface area contributed by atoms with Crippen molar-refractivity contribution in [1.82, 2.24) is 10.6 Å². The van der Waals surface area contributed by atoms with E-state index in [9.17, 15) is 4.79 Å². The van der Waals surface area contributed by atoms with Gasteiger partial charge in [0.2, 0.25) is 5.91 Å². The first-order chi connectivity index (χ1) is 5.34. The van der Waals surface area contributed by atoms with Crippen molar-refractivity contribution in [3.8, 4) is 0 Å². The predicted molar refractivity (Wildman–Crippen MR) is 44.2 cm³/mol. The van der Waals surface area contributed by atoms with Crippen molar-refractivity contribution in [3.63, 3.8) is 0 Å². The average Bonchev–Trinajstić information content (AvgIpc) is 2.52. The van der Waals surface area contributed by atoms with Crippen LogP contribution in [0.25, 0.3) is 0 Å². The van der Waals surface area contributed by atoms with Crippen molar-refractivity contribution >= 4 is 5.91 Å². The van der Waals surface area contributed by atoms with Gasteiger partial charge in [0.25, 0.3) is 0 Å². The van der Waals surface area contributed by atoms with Gasteiger partial charge in [0, 0.05) is 13.1 Å². The third kappa shape index (κ3) is 2.35. The molecule has 0 radical (unpaired) electrons. The molecule has 1 fully saturated rings. The summed E-state index contributed by atoms with van der Waals surface area (Å²) in [5, 5.41) is 5.92. The lowest BCUT2D eigenvalue weighted by Gasteiger charge is -2.06. The summed E-state index contributed by atoms with van der Waals surface area (Å²) in [5.74, 6) is 0.324. The lowest BCUT2D eigenvalue weighted by atomic mass is 10.1. The van der Waals surface area contributed by atoms with E-state index in [4.69, 9.17) is 0 Å². The van der Waals surface area contributed by atoms with Gasteiger partial charge in [-0.2, -0.15) is 0 Å². The van der Waals surface area contributed by atoms with E-state index in [2.05, 4.69) is 17.2 Å². The monoisotopic (exact) mass is 154 g/mol. The van der Waals surface area contributed by atoms with Crippen molar-refractivity contribution in [1.29, 1.82) is 0 Å². The number of carbonyl (C=O) groups is 1. The maximum absolute atomic E-state index is 11.2. The normalized spacial score (nSPS) is 23.1. The smallest absolute Gasteiger partial charge is 0.224 e. The van der Waals surface area contributed by atoms with Crippen LogP contribution in [0.3, 0.4) is 0 Å². The fraction of sp³-hybridized carbons (Fsp3) is 0.625. The lowest BCUT2D eigenvalue weighted by molar-refractivity contribution is -0.124. The average molecular weight is 154 g/mol. The van der Waals surface area contributed by atoms with Crippen LogP contribution in [0.15, 0.2) is 12.7 Å². The summed E-state index contributed by atoms with van der Waals surface area (Å²) in [4.78, 5) is 11.2. The summed E-state index contributed by atoms with van der Waals surface area (Å²) in [5.41, 5.74) is 0. The molecule has 0 spiro atoms. The molecule has 62 valence electrons. The van der Waals surface area contributed by atoms with Gasteiger partial charge in [0.1, 0.15) is 0 Å². The van der Waals surface area contributed by atoms with Gasteiger partial charge in [-0.1, -0.05) is 6.08 Å². The zero-order valence-electron chi connectivity index (χ0n) is 6.60. The molecule has 2 N–H and O–H groups in total. The van der Waals surface area contributed by atoms with Gasteiger partial charge in [-0.05, 0) is 13.0 Å². The van der Waals surface area contributed by atoms with E-state index in [0.29, 0.717) is 6.54 Å². The van der Waals surface area contributed by atoms with Crippen molar-refractivity contribution in [2.24, 2.45) is 5.92 Å². The van der Waals surface area contributed by atoms with Crippen LogP contribution < -0.4 is 10.6 Å². The molecule has 0 aromatic heterocycles. The second-order valence-electron chi connectivity index (χ2n) is 2.72. The first kappa shape index (κ1) is 8.27. The van der Waals surface area contributed by atoms with Crippen molar-refractivity contribution < 1.29 is 4.79 Å². The van der Waals surface area contributed by atoms with Crippen molar-refractivity contribution in [3.05, 3.63) is 12.7 Å². The summed E-state index contributed by atoms with van der Waals surface area (Å²) in [6, 6.07) is 0. The Morgan fingerprint density at radius 3 is 3.18 bits per heavy atom. The highest BCUT2D eigenvalue weighted by Gasteiger charge is 2.21. The maximum atomic E-state index is 11.2. The molecule has 0 bridgehead atoms. The maximum Gasteiger partial charge on any atom is 0.224 e. The molecule has 1 atom stereocenters.